The van der Waals surface area contributed by atoms with E-state index in [9.17, 15) is 0 Å². The average Bonchev–Trinajstić information content (AvgIpc) is 3.91. The fourth-order valence-electron chi connectivity index (χ4n) is 8.08. The quantitative estimate of drug-likeness (QED) is 0.179. The summed E-state index contributed by atoms with van der Waals surface area (Å²) >= 11 is 0. The molecule has 2 aromatic heterocycles. The van der Waals surface area contributed by atoms with Gasteiger partial charge < -0.3 is 14.0 Å². The molecule has 0 radical (unpaired) electrons. The number of fused-ring (bicyclic) bond motifs is 3. The smallest absolute Gasteiger partial charge is 0.141 e. The third-order valence-electron chi connectivity index (χ3n) is 10.4. The molecule has 1 aliphatic heterocycles. The number of imidazole rings is 2. The Bertz CT molecular complexity index is 2390. The van der Waals surface area contributed by atoms with Crippen LogP contribution in [0.2, 0.25) is 0 Å². The molecule has 6 nitrogen and oxygen atoms in total. The largest absolute Gasteiger partial charge is 0.317 e. The standard InChI is InChI=1S/C45H36N6/c1-4-16-34(17-5-1)49-40-25-13-10-22-37(40)46-43(49)31-28-32(44-47-38-23-11-14-26-41(38)50(44)35-18-6-2-7-19-35)30-33(29-31)45-48-39-24-12-15-27-42(39)51(45)36-20-8-3-9-21-36/h1-18,20,22-30,35-37,40H,19,21H2. The molecule has 0 fully saturated rings. The Balaban J connectivity index is 1.24. The van der Waals surface area contributed by atoms with Crippen LogP contribution in [0, 0.1) is 0 Å². The molecule has 10 rings (SSSR count). The highest BCUT2D eigenvalue weighted by Gasteiger charge is 2.36. The fraction of sp³-hybridized carbons (Fsp3) is 0.133. The number of para-hydroxylation sites is 5. The molecule has 4 aliphatic rings. The van der Waals surface area contributed by atoms with E-state index in [2.05, 4.69) is 184 Å². The lowest BCUT2D eigenvalue weighted by molar-refractivity contribution is 0.629. The highest BCUT2D eigenvalue weighted by molar-refractivity contribution is 6.13. The first-order valence-corrected chi connectivity index (χ1v) is 17.8. The zero-order chi connectivity index (χ0) is 33.7. The van der Waals surface area contributed by atoms with Crippen LogP contribution in [0.5, 0.6) is 0 Å². The maximum Gasteiger partial charge on any atom is 0.141 e. The van der Waals surface area contributed by atoms with E-state index in [1.54, 1.807) is 0 Å². The molecule has 6 heteroatoms. The summed E-state index contributed by atoms with van der Waals surface area (Å²) in [7, 11) is 0. The van der Waals surface area contributed by atoms with Gasteiger partial charge in [0.25, 0.3) is 0 Å². The molecule has 0 N–H and O–H groups in total. The van der Waals surface area contributed by atoms with Gasteiger partial charge in [-0.05, 0) is 67.4 Å². The molecule has 6 aromatic rings. The molecular weight excluding hydrogens is 625 g/mol. The van der Waals surface area contributed by atoms with Crippen LogP contribution in [-0.4, -0.2) is 37.0 Å². The second-order valence-electron chi connectivity index (χ2n) is 13.5. The minimum atomic E-state index is 0.0183. The van der Waals surface area contributed by atoms with Crippen molar-refractivity contribution in [3.8, 4) is 22.8 Å². The predicted molar refractivity (Wildman–Crippen MR) is 209 cm³/mol. The molecule has 51 heavy (non-hydrogen) atoms. The van der Waals surface area contributed by atoms with E-state index in [1.807, 2.05) is 0 Å². The normalized spacial score (nSPS) is 22.0. The van der Waals surface area contributed by atoms with E-state index >= 15 is 0 Å². The monoisotopic (exact) mass is 660 g/mol. The Labute approximate surface area is 297 Å². The van der Waals surface area contributed by atoms with Crippen molar-refractivity contribution in [2.45, 2.75) is 37.0 Å². The van der Waals surface area contributed by atoms with Gasteiger partial charge in [-0.25, -0.2) is 9.97 Å². The lowest BCUT2D eigenvalue weighted by Gasteiger charge is -2.29. The molecule has 0 saturated heterocycles. The highest BCUT2D eigenvalue weighted by atomic mass is 15.3. The number of benzene rings is 4. The molecule has 0 bridgehead atoms. The highest BCUT2D eigenvalue weighted by Crippen LogP contribution is 2.39. The second-order valence-corrected chi connectivity index (χ2v) is 13.5. The number of amidine groups is 1. The van der Waals surface area contributed by atoms with Gasteiger partial charge in [0.1, 0.15) is 17.5 Å². The zero-order valence-electron chi connectivity index (χ0n) is 28.1. The van der Waals surface area contributed by atoms with Crippen molar-refractivity contribution in [2.75, 3.05) is 4.90 Å². The second kappa shape index (κ2) is 12.3. The SMILES string of the molecule is C1=CCC(n2c(-c3cc(C4=NC5C=CC=CC5N4c4ccccc4)cc(-c4nc5ccccc5n4C4C=CC=CC4)c3)nc3ccccc32)C=C1. The van der Waals surface area contributed by atoms with Gasteiger partial charge in [-0.1, -0.05) is 115 Å². The first-order chi connectivity index (χ1) is 25.3. The van der Waals surface area contributed by atoms with E-state index in [-0.39, 0.29) is 24.2 Å². The van der Waals surface area contributed by atoms with Crippen molar-refractivity contribution >= 4 is 33.6 Å². The lowest BCUT2D eigenvalue weighted by atomic mass is 10.00. The summed E-state index contributed by atoms with van der Waals surface area (Å²) in [6.45, 7) is 0. The van der Waals surface area contributed by atoms with Crippen molar-refractivity contribution in [1.82, 2.24) is 19.1 Å². The van der Waals surface area contributed by atoms with Crippen LogP contribution >= 0.6 is 0 Å². The van der Waals surface area contributed by atoms with Crippen LogP contribution in [-0.2, 0) is 0 Å². The molecule has 3 aliphatic carbocycles. The maximum absolute atomic E-state index is 5.43. The summed E-state index contributed by atoms with van der Waals surface area (Å²) in [5.41, 5.74) is 8.46. The van der Waals surface area contributed by atoms with E-state index in [1.165, 1.54) is 0 Å². The number of hydrogen-bond donors (Lipinski definition) is 0. The summed E-state index contributed by atoms with van der Waals surface area (Å²) < 4.78 is 4.82. The first kappa shape index (κ1) is 29.6. The Kier molecular flexibility index (Phi) is 7.12. The predicted octanol–water partition coefficient (Wildman–Crippen LogP) is 9.96. The third kappa shape index (κ3) is 5.06. The molecule has 0 amide bonds. The number of allylic oxidation sites excluding steroid dienone is 10. The molecule has 246 valence electrons. The van der Waals surface area contributed by atoms with Crippen LogP contribution < -0.4 is 4.90 Å². The van der Waals surface area contributed by atoms with Crippen LogP contribution in [0.25, 0.3) is 44.8 Å². The van der Waals surface area contributed by atoms with E-state index in [0.29, 0.717) is 0 Å². The zero-order valence-corrected chi connectivity index (χ0v) is 28.1. The molecule has 0 spiro atoms. The minimum Gasteiger partial charge on any atom is -0.317 e. The number of rotatable bonds is 6. The van der Waals surface area contributed by atoms with Gasteiger partial charge in [0.2, 0.25) is 0 Å². The van der Waals surface area contributed by atoms with E-state index in [0.717, 1.165) is 74.8 Å². The minimum absolute atomic E-state index is 0.0183. The Morgan fingerprint density at radius 2 is 1.04 bits per heavy atom. The van der Waals surface area contributed by atoms with Crippen LogP contribution in [0.1, 0.15) is 30.5 Å². The summed E-state index contributed by atoms with van der Waals surface area (Å²) in [5.74, 6) is 2.82. The van der Waals surface area contributed by atoms with Crippen molar-refractivity contribution in [3.05, 3.63) is 176 Å². The maximum atomic E-state index is 5.43. The van der Waals surface area contributed by atoms with Crippen LogP contribution in [0.15, 0.2) is 175 Å². The van der Waals surface area contributed by atoms with Crippen molar-refractivity contribution in [3.63, 3.8) is 0 Å². The molecule has 0 saturated carbocycles. The van der Waals surface area contributed by atoms with Gasteiger partial charge >= 0.3 is 0 Å². The van der Waals surface area contributed by atoms with Gasteiger partial charge in [-0.3, -0.25) is 4.99 Å². The summed E-state index contributed by atoms with van der Waals surface area (Å²) in [5, 5.41) is 0. The van der Waals surface area contributed by atoms with Crippen LogP contribution in [0.3, 0.4) is 0 Å². The summed E-state index contributed by atoms with van der Waals surface area (Å²) in [6.07, 6.45) is 28.2. The van der Waals surface area contributed by atoms with Gasteiger partial charge in [-0.15, -0.1) is 0 Å². The number of hydrogen-bond acceptors (Lipinski definition) is 4. The number of nitrogens with zero attached hydrogens (tertiary/aromatic N) is 6. The number of aromatic nitrogens is 4. The lowest BCUT2D eigenvalue weighted by Crippen LogP contribution is -2.39. The molecule has 3 heterocycles. The number of aliphatic imine (C=N–C) groups is 1. The van der Waals surface area contributed by atoms with Crippen molar-refractivity contribution < 1.29 is 0 Å². The Morgan fingerprint density at radius 3 is 1.63 bits per heavy atom. The Morgan fingerprint density at radius 1 is 0.510 bits per heavy atom. The number of anilines is 1. The van der Waals surface area contributed by atoms with Gasteiger partial charge in [0.05, 0.1) is 46.2 Å². The topological polar surface area (TPSA) is 51.2 Å². The average molecular weight is 661 g/mol. The fourth-order valence-corrected chi connectivity index (χ4v) is 8.08. The molecular formula is C45H36N6. The van der Waals surface area contributed by atoms with E-state index in [4.69, 9.17) is 15.0 Å². The van der Waals surface area contributed by atoms with Crippen LogP contribution in [0.4, 0.5) is 5.69 Å². The third-order valence-corrected chi connectivity index (χ3v) is 10.4. The Hall–Kier alpha value is -6.27. The van der Waals surface area contributed by atoms with Gasteiger partial charge in [0.15, 0.2) is 0 Å². The van der Waals surface area contributed by atoms with Crippen molar-refractivity contribution in [2.24, 2.45) is 4.99 Å². The summed E-state index contributed by atoms with van der Waals surface area (Å²) in [4.78, 5) is 18.5. The molecule has 4 unspecified atom stereocenters. The molecule has 4 aromatic carbocycles. The van der Waals surface area contributed by atoms with Gasteiger partial charge in [0, 0.05) is 22.4 Å². The van der Waals surface area contributed by atoms with Gasteiger partial charge in [-0.2, -0.15) is 0 Å². The summed E-state index contributed by atoms with van der Waals surface area (Å²) in [6, 6.07) is 34.9. The first-order valence-electron chi connectivity index (χ1n) is 17.8. The molecule has 4 atom stereocenters. The van der Waals surface area contributed by atoms with Crippen molar-refractivity contribution in [1.29, 1.82) is 0 Å². The van der Waals surface area contributed by atoms with E-state index < -0.39 is 0 Å².